The Morgan fingerprint density at radius 1 is 0.903 bits per heavy atom. The summed E-state index contributed by atoms with van der Waals surface area (Å²) < 4.78 is 1.46. The van der Waals surface area contributed by atoms with Crippen LogP contribution < -0.4 is 10.6 Å². The second-order valence-electron chi connectivity index (χ2n) is 6.91. The highest BCUT2D eigenvalue weighted by Gasteiger charge is 2.17. The molecule has 154 valence electrons. The van der Waals surface area contributed by atoms with E-state index in [-0.39, 0.29) is 17.9 Å². The van der Waals surface area contributed by atoms with Crippen LogP contribution in [0.2, 0.25) is 0 Å². The molecule has 4 aromatic rings. The molecule has 0 aliphatic rings. The first-order valence-electron chi connectivity index (χ1n) is 9.71. The summed E-state index contributed by atoms with van der Waals surface area (Å²) in [5, 5.41) is 16.9. The number of benzene rings is 3. The van der Waals surface area contributed by atoms with Crippen molar-refractivity contribution in [1.29, 1.82) is 0 Å². The van der Waals surface area contributed by atoms with Gasteiger partial charge in [0.05, 0.1) is 23.0 Å². The van der Waals surface area contributed by atoms with Crippen LogP contribution in [0.3, 0.4) is 0 Å². The van der Waals surface area contributed by atoms with Gasteiger partial charge in [0.2, 0.25) is 0 Å². The summed E-state index contributed by atoms with van der Waals surface area (Å²) in [4.78, 5) is 25.7. The van der Waals surface area contributed by atoms with Crippen LogP contribution in [0.25, 0.3) is 5.69 Å². The number of anilines is 1. The lowest BCUT2D eigenvalue weighted by Crippen LogP contribution is -2.28. The second-order valence-corrected chi connectivity index (χ2v) is 6.91. The lowest BCUT2D eigenvalue weighted by Gasteiger charge is -2.16. The Labute approximate surface area is 178 Å². The van der Waals surface area contributed by atoms with Crippen molar-refractivity contribution in [3.63, 3.8) is 0 Å². The minimum absolute atomic E-state index is 0.176. The lowest BCUT2D eigenvalue weighted by molar-refractivity contribution is 0.0941. The fraction of sp³-hybridized carbons (Fsp3) is 0.0870. The average Bonchev–Trinajstić information content (AvgIpc) is 3.35. The van der Waals surface area contributed by atoms with Gasteiger partial charge < -0.3 is 10.6 Å². The van der Waals surface area contributed by atoms with E-state index in [0.29, 0.717) is 22.5 Å². The van der Waals surface area contributed by atoms with E-state index in [1.807, 2.05) is 37.3 Å². The highest BCUT2D eigenvalue weighted by Crippen LogP contribution is 2.19. The summed E-state index contributed by atoms with van der Waals surface area (Å²) in [5.41, 5.74) is 2.88. The van der Waals surface area contributed by atoms with Gasteiger partial charge in [0.15, 0.2) is 0 Å². The van der Waals surface area contributed by atoms with Crippen LogP contribution >= 0.6 is 0 Å². The van der Waals surface area contributed by atoms with E-state index in [1.165, 1.54) is 11.0 Å². The molecule has 0 saturated heterocycles. The van der Waals surface area contributed by atoms with Gasteiger partial charge in [0.25, 0.3) is 11.8 Å². The van der Waals surface area contributed by atoms with Gasteiger partial charge in [-0.15, -0.1) is 5.10 Å². The Morgan fingerprint density at radius 2 is 1.68 bits per heavy atom. The first-order chi connectivity index (χ1) is 15.1. The van der Waals surface area contributed by atoms with Gasteiger partial charge in [0, 0.05) is 5.56 Å². The van der Waals surface area contributed by atoms with Gasteiger partial charge in [-0.25, -0.2) is 4.68 Å². The number of nitrogens with zero attached hydrogens (tertiary/aromatic N) is 4. The molecule has 0 spiro atoms. The van der Waals surface area contributed by atoms with Crippen molar-refractivity contribution in [3.05, 3.63) is 102 Å². The molecule has 1 aromatic heterocycles. The molecule has 0 bridgehead atoms. The van der Waals surface area contributed by atoms with Crippen molar-refractivity contribution in [2.75, 3.05) is 5.32 Å². The zero-order chi connectivity index (χ0) is 21.6. The van der Waals surface area contributed by atoms with Crippen molar-refractivity contribution in [3.8, 4) is 5.69 Å². The molecule has 3 aromatic carbocycles. The number of para-hydroxylation sites is 1. The number of tetrazole rings is 1. The van der Waals surface area contributed by atoms with E-state index >= 15 is 0 Å². The summed E-state index contributed by atoms with van der Waals surface area (Å²) in [6, 6.07) is 23.3. The summed E-state index contributed by atoms with van der Waals surface area (Å²) >= 11 is 0. The van der Waals surface area contributed by atoms with Crippen LogP contribution in [0.1, 0.15) is 39.2 Å². The van der Waals surface area contributed by atoms with Gasteiger partial charge in [-0.2, -0.15) is 0 Å². The molecular formula is C23H20N6O2. The Hall–Kier alpha value is -4.33. The van der Waals surface area contributed by atoms with E-state index in [1.54, 1.807) is 48.5 Å². The highest BCUT2D eigenvalue weighted by molar-refractivity contribution is 6.09. The SMILES string of the molecule is C[C@H](NC(=O)c1ccccc1NC(=O)c1cccc(-n2cnnn2)c1)c1ccccc1. The summed E-state index contributed by atoms with van der Waals surface area (Å²) in [7, 11) is 0. The van der Waals surface area contributed by atoms with Gasteiger partial charge in [-0.3, -0.25) is 9.59 Å². The van der Waals surface area contributed by atoms with Crippen LogP contribution in [-0.4, -0.2) is 32.0 Å². The maximum atomic E-state index is 12.9. The predicted molar refractivity (Wildman–Crippen MR) is 116 cm³/mol. The van der Waals surface area contributed by atoms with Crippen LogP contribution in [0.5, 0.6) is 0 Å². The van der Waals surface area contributed by atoms with Gasteiger partial charge in [-0.1, -0.05) is 48.5 Å². The Balaban J connectivity index is 1.52. The lowest BCUT2D eigenvalue weighted by atomic mass is 10.1. The van der Waals surface area contributed by atoms with Crippen molar-refractivity contribution >= 4 is 17.5 Å². The number of rotatable bonds is 6. The Bertz CT molecular complexity index is 1190. The topological polar surface area (TPSA) is 102 Å². The third-order valence-electron chi connectivity index (χ3n) is 4.79. The van der Waals surface area contributed by atoms with Crippen molar-refractivity contribution in [2.45, 2.75) is 13.0 Å². The molecule has 8 heteroatoms. The van der Waals surface area contributed by atoms with Gasteiger partial charge >= 0.3 is 0 Å². The molecule has 0 fully saturated rings. The van der Waals surface area contributed by atoms with E-state index in [0.717, 1.165) is 5.56 Å². The molecule has 2 N–H and O–H groups in total. The van der Waals surface area contributed by atoms with Gasteiger partial charge in [-0.05, 0) is 53.2 Å². The number of aromatic nitrogens is 4. The number of hydrogen-bond donors (Lipinski definition) is 2. The molecule has 2 amide bonds. The van der Waals surface area contributed by atoms with E-state index < -0.39 is 0 Å². The van der Waals surface area contributed by atoms with Crippen LogP contribution in [0.15, 0.2) is 85.2 Å². The number of hydrogen-bond acceptors (Lipinski definition) is 5. The molecular weight excluding hydrogens is 392 g/mol. The number of carbonyl (C=O) groups excluding carboxylic acids is 2. The summed E-state index contributed by atoms with van der Waals surface area (Å²) in [6.45, 7) is 1.92. The van der Waals surface area contributed by atoms with Gasteiger partial charge in [0.1, 0.15) is 6.33 Å². The molecule has 4 rings (SSSR count). The molecule has 0 aliphatic heterocycles. The maximum absolute atomic E-state index is 12.9. The molecule has 1 heterocycles. The van der Waals surface area contributed by atoms with E-state index in [4.69, 9.17) is 0 Å². The molecule has 0 radical (unpaired) electrons. The average molecular weight is 412 g/mol. The highest BCUT2D eigenvalue weighted by atomic mass is 16.2. The van der Waals surface area contributed by atoms with Crippen molar-refractivity contribution < 1.29 is 9.59 Å². The zero-order valence-corrected chi connectivity index (χ0v) is 16.8. The van der Waals surface area contributed by atoms with E-state index in [9.17, 15) is 9.59 Å². The second kappa shape index (κ2) is 9.00. The third-order valence-corrected chi connectivity index (χ3v) is 4.79. The summed E-state index contributed by atoms with van der Waals surface area (Å²) in [5.74, 6) is -0.610. The molecule has 0 unspecified atom stereocenters. The minimum atomic E-state index is -0.341. The monoisotopic (exact) mass is 412 g/mol. The third kappa shape index (κ3) is 4.64. The standard InChI is InChI=1S/C23H20N6O2/c1-16(17-8-3-2-4-9-17)25-23(31)20-12-5-6-13-21(20)26-22(30)18-10-7-11-19(14-18)29-15-24-27-28-29/h2-16H,1H3,(H,25,31)(H,26,30)/t16-/m0/s1. The molecule has 31 heavy (non-hydrogen) atoms. The fourth-order valence-corrected chi connectivity index (χ4v) is 3.15. The number of nitrogens with one attached hydrogen (secondary N) is 2. The molecule has 0 aliphatic carbocycles. The Morgan fingerprint density at radius 3 is 2.45 bits per heavy atom. The van der Waals surface area contributed by atoms with Crippen LogP contribution in [-0.2, 0) is 0 Å². The van der Waals surface area contributed by atoms with Crippen LogP contribution in [0.4, 0.5) is 5.69 Å². The predicted octanol–water partition coefficient (Wildman–Crippen LogP) is 3.41. The molecule has 0 saturated carbocycles. The molecule has 8 nitrogen and oxygen atoms in total. The van der Waals surface area contributed by atoms with Crippen molar-refractivity contribution in [1.82, 2.24) is 25.5 Å². The smallest absolute Gasteiger partial charge is 0.255 e. The number of amides is 2. The summed E-state index contributed by atoms with van der Waals surface area (Å²) in [6.07, 6.45) is 1.45. The number of carbonyl (C=O) groups is 2. The first kappa shape index (κ1) is 20.0. The van der Waals surface area contributed by atoms with Crippen molar-refractivity contribution in [2.24, 2.45) is 0 Å². The zero-order valence-electron chi connectivity index (χ0n) is 16.8. The maximum Gasteiger partial charge on any atom is 0.255 e. The Kier molecular flexibility index (Phi) is 5.79. The molecule has 1 atom stereocenters. The minimum Gasteiger partial charge on any atom is -0.345 e. The van der Waals surface area contributed by atoms with Crippen LogP contribution in [0, 0.1) is 0 Å². The van der Waals surface area contributed by atoms with E-state index in [2.05, 4.69) is 26.2 Å². The normalized spacial score (nSPS) is 11.5. The largest absolute Gasteiger partial charge is 0.345 e. The quantitative estimate of drug-likeness (QED) is 0.505. The fourth-order valence-electron chi connectivity index (χ4n) is 3.15. The first-order valence-corrected chi connectivity index (χ1v) is 9.71.